The summed E-state index contributed by atoms with van der Waals surface area (Å²) in [5.41, 5.74) is 1.21. The number of hydrogen-bond acceptors (Lipinski definition) is 3. The van der Waals surface area contributed by atoms with Gasteiger partial charge in [-0.2, -0.15) is 0 Å². The molecule has 0 aliphatic rings. The summed E-state index contributed by atoms with van der Waals surface area (Å²) in [6.07, 6.45) is 0.883. The maximum absolute atomic E-state index is 11.0. The van der Waals surface area contributed by atoms with Gasteiger partial charge in [0.1, 0.15) is 5.75 Å². The van der Waals surface area contributed by atoms with Crippen molar-refractivity contribution < 1.29 is 14.6 Å². The molecule has 0 saturated carbocycles. The number of carboxylic acids is 1. The summed E-state index contributed by atoms with van der Waals surface area (Å²) in [6, 6.07) is 7.92. The summed E-state index contributed by atoms with van der Waals surface area (Å²) in [6.45, 7) is 5.17. The number of hydrogen-bond donors (Lipinski definition) is 2. The highest BCUT2D eigenvalue weighted by Gasteiger charge is 2.20. The van der Waals surface area contributed by atoms with Gasteiger partial charge in [-0.3, -0.25) is 4.79 Å². The Balaban J connectivity index is 2.31. The highest BCUT2D eigenvalue weighted by atomic mass is 16.5. The molecule has 0 fully saturated rings. The molecular weight excluding hydrogens is 242 g/mol. The lowest BCUT2D eigenvalue weighted by Gasteiger charge is -2.16. The predicted molar refractivity (Wildman–Crippen MR) is 75.5 cm³/mol. The fourth-order valence-corrected chi connectivity index (χ4v) is 1.89. The molecule has 0 spiro atoms. The van der Waals surface area contributed by atoms with Crippen molar-refractivity contribution in [3.05, 3.63) is 29.8 Å². The van der Waals surface area contributed by atoms with Crippen LogP contribution < -0.4 is 10.1 Å². The zero-order valence-electron chi connectivity index (χ0n) is 11.8. The van der Waals surface area contributed by atoms with E-state index in [1.807, 2.05) is 38.1 Å². The second kappa shape index (κ2) is 7.79. The zero-order chi connectivity index (χ0) is 14.3. The minimum atomic E-state index is -0.730. The van der Waals surface area contributed by atoms with Crippen LogP contribution in [-0.2, 0) is 11.2 Å². The van der Waals surface area contributed by atoms with Crippen LogP contribution in [0.15, 0.2) is 24.3 Å². The van der Waals surface area contributed by atoms with E-state index in [9.17, 15) is 4.79 Å². The van der Waals surface area contributed by atoms with Gasteiger partial charge in [0, 0.05) is 6.54 Å². The number of nitrogens with one attached hydrogen (secondary N) is 1. The average molecular weight is 265 g/mol. The first-order valence-electron chi connectivity index (χ1n) is 6.61. The van der Waals surface area contributed by atoms with Crippen molar-refractivity contribution in [3.8, 4) is 5.75 Å². The maximum Gasteiger partial charge on any atom is 0.308 e. The van der Waals surface area contributed by atoms with Crippen LogP contribution in [0.3, 0.4) is 0 Å². The number of carboxylic acid groups (broad SMARTS) is 1. The third-order valence-electron chi connectivity index (χ3n) is 3.24. The molecule has 4 heteroatoms. The van der Waals surface area contributed by atoms with Gasteiger partial charge in [-0.1, -0.05) is 26.0 Å². The van der Waals surface area contributed by atoms with Gasteiger partial charge in [0.05, 0.1) is 13.0 Å². The van der Waals surface area contributed by atoms with Crippen molar-refractivity contribution in [2.45, 2.75) is 20.3 Å². The third-order valence-corrected chi connectivity index (χ3v) is 3.24. The van der Waals surface area contributed by atoms with Gasteiger partial charge in [0.25, 0.3) is 0 Å². The normalized spacial score (nSPS) is 12.4. The molecule has 0 bridgehead atoms. The predicted octanol–water partition coefficient (Wildman–Crippen LogP) is 2.18. The molecule has 106 valence electrons. The van der Waals surface area contributed by atoms with Gasteiger partial charge in [-0.25, -0.2) is 0 Å². The lowest BCUT2D eigenvalue weighted by Crippen LogP contribution is -2.33. The standard InChI is InChI=1S/C15H23NO3/c1-11(2)14(15(17)18)10-16-9-8-12-4-6-13(19-3)7-5-12/h4-7,11,14,16H,8-10H2,1-3H3,(H,17,18). The van der Waals surface area contributed by atoms with Crippen LogP contribution in [-0.4, -0.2) is 31.3 Å². The summed E-state index contributed by atoms with van der Waals surface area (Å²) >= 11 is 0. The van der Waals surface area contributed by atoms with Crippen LogP contribution >= 0.6 is 0 Å². The summed E-state index contributed by atoms with van der Waals surface area (Å²) in [5.74, 6) is -0.0590. The van der Waals surface area contributed by atoms with E-state index in [0.717, 1.165) is 18.7 Å². The Hall–Kier alpha value is -1.55. The van der Waals surface area contributed by atoms with Gasteiger partial charge >= 0.3 is 5.97 Å². The van der Waals surface area contributed by atoms with E-state index in [2.05, 4.69) is 5.32 Å². The van der Waals surface area contributed by atoms with Crippen molar-refractivity contribution in [3.63, 3.8) is 0 Å². The molecule has 1 aromatic rings. The Labute approximate surface area is 114 Å². The number of benzene rings is 1. The number of methoxy groups -OCH3 is 1. The molecule has 0 aliphatic heterocycles. The van der Waals surface area contributed by atoms with Crippen LogP contribution in [0.5, 0.6) is 5.75 Å². The molecule has 0 radical (unpaired) electrons. The summed E-state index contributed by atoms with van der Waals surface area (Å²) in [5, 5.41) is 12.3. The van der Waals surface area contributed by atoms with Gasteiger partial charge in [0.15, 0.2) is 0 Å². The first-order chi connectivity index (χ1) is 9.04. The van der Waals surface area contributed by atoms with Crippen molar-refractivity contribution in [1.82, 2.24) is 5.32 Å². The Morgan fingerprint density at radius 2 is 1.95 bits per heavy atom. The Morgan fingerprint density at radius 3 is 2.42 bits per heavy atom. The smallest absolute Gasteiger partial charge is 0.308 e. The van der Waals surface area contributed by atoms with Crippen LogP contribution in [0, 0.1) is 11.8 Å². The van der Waals surface area contributed by atoms with E-state index >= 15 is 0 Å². The van der Waals surface area contributed by atoms with E-state index in [1.54, 1.807) is 7.11 Å². The Morgan fingerprint density at radius 1 is 1.32 bits per heavy atom. The minimum absolute atomic E-state index is 0.144. The van der Waals surface area contributed by atoms with Crippen molar-refractivity contribution >= 4 is 5.97 Å². The van der Waals surface area contributed by atoms with Gasteiger partial charge < -0.3 is 15.2 Å². The SMILES string of the molecule is COc1ccc(CCNCC(C(=O)O)C(C)C)cc1. The topological polar surface area (TPSA) is 58.6 Å². The quantitative estimate of drug-likeness (QED) is 0.707. The van der Waals surface area contributed by atoms with Gasteiger partial charge in [0.2, 0.25) is 0 Å². The summed E-state index contributed by atoms with van der Waals surface area (Å²) in [4.78, 5) is 11.0. The van der Waals surface area contributed by atoms with Crippen LogP contribution in [0.25, 0.3) is 0 Å². The molecule has 1 rings (SSSR count). The molecule has 2 N–H and O–H groups in total. The second-order valence-corrected chi connectivity index (χ2v) is 4.99. The third kappa shape index (κ3) is 5.30. The van der Waals surface area contributed by atoms with Crippen LogP contribution in [0.2, 0.25) is 0 Å². The number of carbonyl (C=O) groups is 1. The molecule has 0 heterocycles. The fraction of sp³-hybridized carbons (Fsp3) is 0.533. The molecule has 4 nitrogen and oxygen atoms in total. The number of ether oxygens (including phenoxy) is 1. The first kappa shape index (κ1) is 15.5. The maximum atomic E-state index is 11.0. The van der Waals surface area contributed by atoms with Crippen molar-refractivity contribution in [1.29, 1.82) is 0 Å². The van der Waals surface area contributed by atoms with Crippen molar-refractivity contribution in [2.75, 3.05) is 20.2 Å². The molecular formula is C15H23NO3. The molecule has 1 unspecified atom stereocenters. The Bertz CT molecular complexity index is 387. The lowest BCUT2D eigenvalue weighted by atomic mass is 9.96. The van der Waals surface area contributed by atoms with Crippen molar-refractivity contribution in [2.24, 2.45) is 11.8 Å². The highest BCUT2D eigenvalue weighted by Crippen LogP contribution is 2.12. The van der Waals surface area contributed by atoms with E-state index in [4.69, 9.17) is 9.84 Å². The number of rotatable bonds is 8. The monoisotopic (exact) mass is 265 g/mol. The number of aliphatic carboxylic acids is 1. The fourth-order valence-electron chi connectivity index (χ4n) is 1.89. The summed E-state index contributed by atoms with van der Waals surface area (Å²) in [7, 11) is 1.65. The van der Waals surface area contributed by atoms with E-state index in [-0.39, 0.29) is 11.8 Å². The molecule has 0 saturated heterocycles. The lowest BCUT2D eigenvalue weighted by molar-refractivity contribution is -0.143. The van der Waals surface area contributed by atoms with Gasteiger partial charge in [-0.15, -0.1) is 0 Å². The molecule has 1 aromatic carbocycles. The molecule has 1 atom stereocenters. The van der Waals surface area contributed by atoms with E-state index in [1.165, 1.54) is 5.56 Å². The minimum Gasteiger partial charge on any atom is -0.497 e. The average Bonchev–Trinajstić information content (AvgIpc) is 2.38. The van der Waals surface area contributed by atoms with E-state index < -0.39 is 5.97 Å². The van der Waals surface area contributed by atoms with Crippen LogP contribution in [0.4, 0.5) is 0 Å². The molecule has 0 amide bonds. The second-order valence-electron chi connectivity index (χ2n) is 4.99. The molecule has 0 aliphatic carbocycles. The summed E-state index contributed by atoms with van der Waals surface area (Å²) < 4.78 is 5.10. The van der Waals surface area contributed by atoms with Crippen LogP contribution in [0.1, 0.15) is 19.4 Å². The zero-order valence-corrected chi connectivity index (χ0v) is 11.8. The Kier molecular flexibility index (Phi) is 6.36. The van der Waals surface area contributed by atoms with E-state index in [0.29, 0.717) is 6.54 Å². The first-order valence-corrected chi connectivity index (χ1v) is 6.61. The molecule has 0 aromatic heterocycles. The largest absolute Gasteiger partial charge is 0.497 e. The highest BCUT2D eigenvalue weighted by molar-refractivity contribution is 5.70. The van der Waals surface area contributed by atoms with Gasteiger partial charge in [-0.05, 0) is 36.6 Å². The molecule has 19 heavy (non-hydrogen) atoms.